The maximum Gasteiger partial charge on any atom is 0.306 e. The maximum atomic E-state index is 12.6. The molecule has 3 rings (SSSR count). The average molecular weight is 372 g/mol. The Morgan fingerprint density at radius 3 is 2.19 bits per heavy atom. The molecule has 27 heavy (non-hydrogen) atoms. The number of aliphatic carboxylic acids is 1. The first kappa shape index (κ1) is 19.4. The number of benzene rings is 1. The summed E-state index contributed by atoms with van der Waals surface area (Å²) in [5.74, 6) is -1.12. The van der Waals surface area contributed by atoms with Crippen molar-refractivity contribution in [2.24, 2.45) is 11.8 Å². The van der Waals surface area contributed by atoms with E-state index in [0.29, 0.717) is 51.9 Å². The van der Waals surface area contributed by atoms with Crippen LogP contribution in [0.4, 0.5) is 0 Å². The molecule has 2 aliphatic rings. The molecule has 2 atom stereocenters. The summed E-state index contributed by atoms with van der Waals surface area (Å²) in [5.41, 5.74) is 1.25. The second kappa shape index (κ2) is 9.02. The Balaban J connectivity index is 1.38. The second-order valence-corrected chi connectivity index (χ2v) is 7.59. The van der Waals surface area contributed by atoms with Crippen LogP contribution in [-0.4, -0.2) is 58.9 Å². The minimum atomic E-state index is -0.795. The largest absolute Gasteiger partial charge is 0.481 e. The molecule has 1 saturated carbocycles. The van der Waals surface area contributed by atoms with Gasteiger partial charge in [-0.3, -0.25) is 14.4 Å². The highest BCUT2D eigenvalue weighted by molar-refractivity contribution is 5.81. The van der Waals surface area contributed by atoms with Crippen LogP contribution < -0.4 is 0 Å². The standard InChI is InChI=1S/C21H28N2O4/c24-19(8-4-7-16-5-2-1-3-6-16)22-11-13-23(14-12-22)20(25)17-9-10-18(15-17)21(26)27/h1-3,5-6,17-18H,4,7-15H2,(H,26,27)/t17-,18+/m0/s1. The van der Waals surface area contributed by atoms with Gasteiger partial charge in [-0.25, -0.2) is 0 Å². The summed E-state index contributed by atoms with van der Waals surface area (Å²) in [6.45, 7) is 2.25. The first-order valence-electron chi connectivity index (χ1n) is 9.88. The molecule has 146 valence electrons. The lowest BCUT2D eigenvalue weighted by Gasteiger charge is -2.36. The quantitative estimate of drug-likeness (QED) is 0.830. The van der Waals surface area contributed by atoms with E-state index in [4.69, 9.17) is 5.11 Å². The molecule has 0 radical (unpaired) electrons. The van der Waals surface area contributed by atoms with Crippen molar-refractivity contribution in [1.29, 1.82) is 0 Å². The van der Waals surface area contributed by atoms with E-state index in [0.717, 1.165) is 12.8 Å². The van der Waals surface area contributed by atoms with Crippen LogP contribution in [0, 0.1) is 11.8 Å². The normalized spacial score (nSPS) is 22.7. The fourth-order valence-corrected chi connectivity index (χ4v) is 4.11. The van der Waals surface area contributed by atoms with Crippen molar-refractivity contribution < 1.29 is 19.5 Å². The molecule has 1 aromatic carbocycles. The summed E-state index contributed by atoms with van der Waals surface area (Å²) in [4.78, 5) is 39.7. The zero-order chi connectivity index (χ0) is 19.2. The van der Waals surface area contributed by atoms with E-state index in [1.165, 1.54) is 5.56 Å². The zero-order valence-electron chi connectivity index (χ0n) is 15.7. The van der Waals surface area contributed by atoms with Crippen LogP contribution in [0.15, 0.2) is 30.3 Å². The van der Waals surface area contributed by atoms with E-state index in [2.05, 4.69) is 12.1 Å². The third-order valence-electron chi connectivity index (χ3n) is 5.77. The van der Waals surface area contributed by atoms with Crippen LogP contribution in [0.25, 0.3) is 0 Å². The van der Waals surface area contributed by atoms with Crippen molar-refractivity contribution in [3.8, 4) is 0 Å². The third kappa shape index (κ3) is 5.08. The first-order valence-corrected chi connectivity index (χ1v) is 9.88. The van der Waals surface area contributed by atoms with Crippen molar-refractivity contribution >= 4 is 17.8 Å². The number of hydrogen-bond acceptors (Lipinski definition) is 3. The molecule has 0 unspecified atom stereocenters. The topological polar surface area (TPSA) is 77.9 Å². The van der Waals surface area contributed by atoms with Gasteiger partial charge < -0.3 is 14.9 Å². The van der Waals surface area contributed by atoms with Crippen molar-refractivity contribution in [1.82, 2.24) is 9.80 Å². The zero-order valence-corrected chi connectivity index (χ0v) is 15.7. The van der Waals surface area contributed by atoms with Crippen molar-refractivity contribution in [2.75, 3.05) is 26.2 Å². The highest BCUT2D eigenvalue weighted by Gasteiger charge is 2.36. The van der Waals surface area contributed by atoms with Crippen LogP contribution in [0.2, 0.25) is 0 Å². The maximum absolute atomic E-state index is 12.6. The molecule has 1 heterocycles. The van der Waals surface area contributed by atoms with E-state index in [9.17, 15) is 14.4 Å². The Morgan fingerprint density at radius 1 is 0.926 bits per heavy atom. The number of carbonyl (C=O) groups is 3. The van der Waals surface area contributed by atoms with E-state index >= 15 is 0 Å². The number of rotatable bonds is 6. The molecule has 0 spiro atoms. The molecule has 1 aromatic rings. The number of aryl methyl sites for hydroxylation is 1. The number of hydrogen-bond donors (Lipinski definition) is 1. The number of piperazine rings is 1. The predicted molar refractivity (Wildman–Crippen MR) is 101 cm³/mol. The van der Waals surface area contributed by atoms with Gasteiger partial charge in [-0.15, -0.1) is 0 Å². The molecule has 1 aliphatic heterocycles. The van der Waals surface area contributed by atoms with E-state index < -0.39 is 5.97 Å². The molecule has 6 nitrogen and oxygen atoms in total. The third-order valence-corrected chi connectivity index (χ3v) is 5.77. The molecule has 1 aliphatic carbocycles. The number of nitrogens with zero attached hydrogens (tertiary/aromatic N) is 2. The Labute approximate surface area is 160 Å². The summed E-state index contributed by atoms with van der Waals surface area (Å²) in [7, 11) is 0. The van der Waals surface area contributed by atoms with Gasteiger partial charge in [0.05, 0.1) is 5.92 Å². The fraction of sp³-hybridized carbons (Fsp3) is 0.571. The minimum Gasteiger partial charge on any atom is -0.481 e. The van der Waals surface area contributed by atoms with Gasteiger partial charge in [0.25, 0.3) is 0 Å². The lowest BCUT2D eigenvalue weighted by Crippen LogP contribution is -2.51. The highest BCUT2D eigenvalue weighted by atomic mass is 16.4. The van der Waals surface area contributed by atoms with Crippen molar-refractivity contribution in [2.45, 2.75) is 38.5 Å². The van der Waals surface area contributed by atoms with Crippen LogP contribution in [0.1, 0.15) is 37.7 Å². The van der Waals surface area contributed by atoms with Gasteiger partial charge >= 0.3 is 5.97 Å². The van der Waals surface area contributed by atoms with E-state index in [-0.39, 0.29) is 23.7 Å². The predicted octanol–water partition coefficient (Wildman–Crippen LogP) is 2.18. The van der Waals surface area contributed by atoms with Crippen LogP contribution in [0.5, 0.6) is 0 Å². The van der Waals surface area contributed by atoms with Gasteiger partial charge in [-0.2, -0.15) is 0 Å². The Kier molecular flexibility index (Phi) is 6.48. The number of carbonyl (C=O) groups excluding carboxylic acids is 2. The lowest BCUT2D eigenvalue weighted by molar-refractivity contribution is -0.143. The summed E-state index contributed by atoms with van der Waals surface area (Å²) in [5, 5.41) is 9.09. The summed E-state index contributed by atoms with van der Waals surface area (Å²) < 4.78 is 0. The average Bonchev–Trinajstić information content (AvgIpc) is 3.19. The van der Waals surface area contributed by atoms with Gasteiger partial charge in [0.15, 0.2) is 0 Å². The number of carboxylic acid groups (broad SMARTS) is 1. The Bertz CT molecular complexity index is 668. The van der Waals surface area contributed by atoms with Gasteiger partial charge in [0.1, 0.15) is 0 Å². The summed E-state index contributed by atoms with van der Waals surface area (Å²) >= 11 is 0. The fourth-order valence-electron chi connectivity index (χ4n) is 4.11. The van der Waals surface area contributed by atoms with E-state index in [1.807, 2.05) is 28.0 Å². The molecular formula is C21H28N2O4. The van der Waals surface area contributed by atoms with Crippen LogP contribution in [0.3, 0.4) is 0 Å². The van der Waals surface area contributed by atoms with Gasteiger partial charge in [-0.1, -0.05) is 30.3 Å². The van der Waals surface area contributed by atoms with Crippen LogP contribution in [-0.2, 0) is 20.8 Å². The van der Waals surface area contributed by atoms with Gasteiger partial charge in [-0.05, 0) is 37.7 Å². The minimum absolute atomic E-state index is 0.0647. The van der Waals surface area contributed by atoms with Gasteiger partial charge in [0, 0.05) is 38.5 Å². The lowest BCUT2D eigenvalue weighted by atomic mass is 10.0. The first-order chi connectivity index (χ1) is 13.0. The van der Waals surface area contributed by atoms with Crippen molar-refractivity contribution in [3.05, 3.63) is 35.9 Å². The van der Waals surface area contributed by atoms with Gasteiger partial charge in [0.2, 0.25) is 11.8 Å². The second-order valence-electron chi connectivity index (χ2n) is 7.59. The van der Waals surface area contributed by atoms with Crippen LogP contribution >= 0.6 is 0 Å². The molecule has 2 amide bonds. The van der Waals surface area contributed by atoms with Crippen molar-refractivity contribution in [3.63, 3.8) is 0 Å². The Hall–Kier alpha value is -2.37. The molecule has 1 N–H and O–H groups in total. The molecule has 0 aromatic heterocycles. The monoisotopic (exact) mass is 372 g/mol. The number of carboxylic acids is 1. The van der Waals surface area contributed by atoms with E-state index in [1.54, 1.807) is 0 Å². The molecule has 0 bridgehead atoms. The molecule has 6 heteroatoms. The SMILES string of the molecule is O=C(O)[C@@H]1CC[C@H](C(=O)N2CCN(C(=O)CCCc3ccccc3)CC2)C1. The molecule has 2 fully saturated rings. The highest BCUT2D eigenvalue weighted by Crippen LogP contribution is 2.32. The molecule has 1 saturated heterocycles. The molecular weight excluding hydrogens is 344 g/mol. The summed E-state index contributed by atoms with van der Waals surface area (Å²) in [6.07, 6.45) is 3.97. The summed E-state index contributed by atoms with van der Waals surface area (Å²) in [6, 6.07) is 10.2. The Morgan fingerprint density at radius 2 is 1.56 bits per heavy atom. The smallest absolute Gasteiger partial charge is 0.306 e. The number of amides is 2.